The number of nitrogens with zero attached hydrogens (tertiary/aromatic N) is 1. The fraction of sp³-hybridized carbons (Fsp3) is 0.143. The molecule has 0 spiro atoms. The van der Waals surface area contributed by atoms with Gasteiger partial charge in [-0.15, -0.1) is 0 Å². The van der Waals surface area contributed by atoms with Gasteiger partial charge >= 0.3 is 6.09 Å². The zero-order chi connectivity index (χ0) is 8.97. The Labute approximate surface area is 68.1 Å². The maximum absolute atomic E-state index is 12.2. The molecule has 1 aromatic heterocycles. The first-order valence-corrected chi connectivity index (χ1v) is 3.25. The first-order valence-electron chi connectivity index (χ1n) is 3.25. The van der Waals surface area contributed by atoms with E-state index >= 15 is 0 Å². The van der Waals surface area contributed by atoms with Gasteiger partial charge in [-0.1, -0.05) is 6.07 Å². The number of halogens is 1. The minimum absolute atomic E-state index is 0.141. The number of hydrogen-bond donors (Lipinski definition) is 2. The largest absolute Gasteiger partial charge is 0.465 e. The lowest BCUT2D eigenvalue weighted by Gasteiger charge is -1.99. The van der Waals surface area contributed by atoms with Crippen molar-refractivity contribution in [2.24, 2.45) is 0 Å². The fourth-order valence-corrected chi connectivity index (χ4v) is 0.689. The quantitative estimate of drug-likeness (QED) is 0.650. The molecule has 1 amide bonds. The molecule has 0 aliphatic carbocycles. The lowest BCUT2D eigenvalue weighted by molar-refractivity contribution is 0.194. The van der Waals surface area contributed by atoms with Crippen LogP contribution in [0.25, 0.3) is 0 Å². The summed E-state index contributed by atoms with van der Waals surface area (Å²) in [6.45, 7) is 0.141. The average molecular weight is 170 g/mol. The van der Waals surface area contributed by atoms with Crippen LogP contribution in [0.1, 0.15) is 5.56 Å². The molecule has 0 aromatic carbocycles. The van der Waals surface area contributed by atoms with Crippen LogP contribution in [0, 0.1) is 5.95 Å². The van der Waals surface area contributed by atoms with Crippen molar-refractivity contribution in [1.29, 1.82) is 0 Å². The highest BCUT2D eigenvalue weighted by Gasteiger charge is 1.96. The number of hydrogen-bond acceptors (Lipinski definition) is 2. The zero-order valence-corrected chi connectivity index (χ0v) is 6.12. The number of pyridine rings is 1. The van der Waals surface area contributed by atoms with E-state index in [-0.39, 0.29) is 6.54 Å². The topological polar surface area (TPSA) is 62.2 Å². The number of amides is 1. The lowest BCUT2D eigenvalue weighted by atomic mass is 10.3. The molecule has 2 N–H and O–H groups in total. The molecule has 1 rings (SSSR count). The predicted molar refractivity (Wildman–Crippen MR) is 39.1 cm³/mol. The summed E-state index contributed by atoms with van der Waals surface area (Å²) in [5.41, 5.74) is 0.624. The van der Waals surface area contributed by atoms with Crippen LogP contribution in [0.2, 0.25) is 0 Å². The standard InChI is InChI=1S/C7H7FN2O2/c8-6-2-1-5(3-9-6)4-10-7(11)12/h1-3,10H,4H2,(H,11,12). The summed E-state index contributed by atoms with van der Waals surface area (Å²) in [4.78, 5) is 13.4. The van der Waals surface area contributed by atoms with Gasteiger partial charge in [-0.25, -0.2) is 9.78 Å². The smallest absolute Gasteiger partial charge is 0.404 e. The van der Waals surface area contributed by atoms with E-state index in [1.807, 2.05) is 0 Å². The monoisotopic (exact) mass is 170 g/mol. The van der Waals surface area contributed by atoms with Gasteiger partial charge in [0, 0.05) is 12.7 Å². The molecule has 64 valence electrons. The van der Waals surface area contributed by atoms with E-state index in [9.17, 15) is 9.18 Å². The Morgan fingerprint density at radius 1 is 1.67 bits per heavy atom. The normalized spacial score (nSPS) is 9.42. The Kier molecular flexibility index (Phi) is 2.57. The number of nitrogens with one attached hydrogen (secondary N) is 1. The second-order valence-electron chi connectivity index (χ2n) is 2.15. The van der Waals surface area contributed by atoms with E-state index < -0.39 is 12.0 Å². The van der Waals surface area contributed by atoms with Crippen LogP contribution in [-0.2, 0) is 6.54 Å². The van der Waals surface area contributed by atoms with E-state index in [0.717, 1.165) is 0 Å². The van der Waals surface area contributed by atoms with E-state index in [4.69, 9.17) is 5.11 Å². The SMILES string of the molecule is O=C(O)NCc1ccc(F)nc1. The molecule has 0 radical (unpaired) electrons. The van der Waals surface area contributed by atoms with Crippen LogP contribution in [0.5, 0.6) is 0 Å². The molecule has 12 heavy (non-hydrogen) atoms. The van der Waals surface area contributed by atoms with Crippen molar-refractivity contribution in [2.75, 3.05) is 0 Å². The summed E-state index contributed by atoms with van der Waals surface area (Å²) in [6, 6.07) is 2.65. The molecule has 0 saturated carbocycles. The van der Waals surface area contributed by atoms with Crippen molar-refractivity contribution in [3.05, 3.63) is 29.8 Å². The minimum atomic E-state index is -1.11. The van der Waals surface area contributed by atoms with Crippen LogP contribution in [0.15, 0.2) is 18.3 Å². The zero-order valence-electron chi connectivity index (χ0n) is 6.12. The van der Waals surface area contributed by atoms with Gasteiger partial charge in [0.25, 0.3) is 0 Å². The molecule has 4 nitrogen and oxygen atoms in total. The van der Waals surface area contributed by atoms with Gasteiger partial charge in [-0.3, -0.25) is 0 Å². The van der Waals surface area contributed by atoms with Crippen molar-refractivity contribution in [3.8, 4) is 0 Å². The predicted octanol–water partition coefficient (Wildman–Crippen LogP) is 0.988. The number of carbonyl (C=O) groups is 1. The van der Waals surface area contributed by atoms with Gasteiger partial charge in [0.2, 0.25) is 5.95 Å². The second-order valence-corrected chi connectivity index (χ2v) is 2.15. The van der Waals surface area contributed by atoms with Crippen LogP contribution in [0.4, 0.5) is 9.18 Å². The Morgan fingerprint density at radius 2 is 2.42 bits per heavy atom. The summed E-state index contributed by atoms with van der Waals surface area (Å²) in [5.74, 6) is -0.575. The summed E-state index contributed by atoms with van der Waals surface area (Å²) in [7, 11) is 0. The third-order valence-corrected chi connectivity index (χ3v) is 1.23. The van der Waals surface area contributed by atoms with E-state index in [0.29, 0.717) is 5.56 Å². The summed E-state index contributed by atoms with van der Waals surface area (Å²) >= 11 is 0. The van der Waals surface area contributed by atoms with Crippen molar-refractivity contribution >= 4 is 6.09 Å². The summed E-state index contributed by atoms with van der Waals surface area (Å²) in [6.07, 6.45) is 0.171. The van der Waals surface area contributed by atoms with E-state index in [2.05, 4.69) is 10.3 Å². The third kappa shape index (κ3) is 2.53. The van der Waals surface area contributed by atoms with Gasteiger partial charge in [-0.05, 0) is 11.6 Å². The summed E-state index contributed by atoms with van der Waals surface area (Å²) < 4.78 is 12.2. The fourth-order valence-electron chi connectivity index (χ4n) is 0.689. The Balaban J connectivity index is 2.53. The maximum Gasteiger partial charge on any atom is 0.404 e. The molecule has 0 saturated heterocycles. The maximum atomic E-state index is 12.2. The van der Waals surface area contributed by atoms with Crippen molar-refractivity contribution in [2.45, 2.75) is 6.54 Å². The van der Waals surface area contributed by atoms with E-state index in [1.165, 1.54) is 18.3 Å². The molecular formula is C7H7FN2O2. The van der Waals surface area contributed by atoms with Gasteiger partial charge < -0.3 is 10.4 Å². The second kappa shape index (κ2) is 3.66. The van der Waals surface area contributed by atoms with Crippen LogP contribution >= 0.6 is 0 Å². The summed E-state index contributed by atoms with van der Waals surface area (Å²) in [5, 5.41) is 10.4. The lowest BCUT2D eigenvalue weighted by Crippen LogP contribution is -2.19. The van der Waals surface area contributed by atoms with Crippen molar-refractivity contribution in [1.82, 2.24) is 10.3 Å². The molecule has 0 unspecified atom stereocenters. The van der Waals surface area contributed by atoms with Crippen LogP contribution < -0.4 is 5.32 Å². The van der Waals surface area contributed by atoms with Crippen molar-refractivity contribution in [3.63, 3.8) is 0 Å². The third-order valence-electron chi connectivity index (χ3n) is 1.23. The molecule has 1 aromatic rings. The Hall–Kier alpha value is -1.65. The Bertz CT molecular complexity index is 273. The molecule has 0 fully saturated rings. The van der Waals surface area contributed by atoms with Gasteiger partial charge in [0.05, 0.1) is 0 Å². The van der Waals surface area contributed by atoms with Crippen LogP contribution in [-0.4, -0.2) is 16.2 Å². The highest BCUT2D eigenvalue weighted by atomic mass is 19.1. The number of aromatic nitrogens is 1. The van der Waals surface area contributed by atoms with Gasteiger partial charge in [-0.2, -0.15) is 4.39 Å². The number of carboxylic acid groups (broad SMARTS) is 1. The van der Waals surface area contributed by atoms with Gasteiger partial charge in [0.1, 0.15) is 0 Å². The highest BCUT2D eigenvalue weighted by Crippen LogP contribution is 1.97. The molecule has 1 heterocycles. The molecular weight excluding hydrogens is 163 g/mol. The molecule has 5 heteroatoms. The minimum Gasteiger partial charge on any atom is -0.465 e. The first kappa shape index (κ1) is 8.45. The molecule has 0 bridgehead atoms. The average Bonchev–Trinajstić information content (AvgIpc) is 2.03. The highest BCUT2D eigenvalue weighted by molar-refractivity contribution is 5.64. The van der Waals surface area contributed by atoms with Crippen molar-refractivity contribution < 1.29 is 14.3 Å². The van der Waals surface area contributed by atoms with E-state index in [1.54, 1.807) is 0 Å². The van der Waals surface area contributed by atoms with Gasteiger partial charge in [0.15, 0.2) is 0 Å². The first-order chi connectivity index (χ1) is 5.68. The molecule has 0 atom stereocenters. The Morgan fingerprint density at radius 3 is 2.92 bits per heavy atom. The van der Waals surface area contributed by atoms with Crippen LogP contribution in [0.3, 0.4) is 0 Å². The number of rotatable bonds is 2. The molecule has 0 aliphatic rings. The molecule has 0 aliphatic heterocycles.